The largest absolute Gasteiger partial charge is 0.315 e. The zero-order valence-corrected chi connectivity index (χ0v) is 8.63. The molecule has 0 spiro atoms. The second-order valence-electron chi connectivity index (χ2n) is 3.38. The van der Waals surface area contributed by atoms with Crippen LogP contribution in [0.5, 0.6) is 0 Å². The van der Waals surface area contributed by atoms with Gasteiger partial charge in [-0.2, -0.15) is 5.10 Å². The number of rotatable bonds is 2. The molecule has 0 radical (unpaired) electrons. The summed E-state index contributed by atoms with van der Waals surface area (Å²) >= 11 is 0. The van der Waals surface area contributed by atoms with Crippen molar-refractivity contribution in [1.29, 1.82) is 0 Å². The second-order valence-corrected chi connectivity index (χ2v) is 3.38. The molecule has 13 heavy (non-hydrogen) atoms. The van der Waals surface area contributed by atoms with E-state index in [0.717, 1.165) is 0 Å². The maximum atomic E-state index is 4.27. The van der Waals surface area contributed by atoms with E-state index in [2.05, 4.69) is 21.3 Å². The predicted molar refractivity (Wildman–Crippen MR) is 55.2 cm³/mol. The molecule has 0 saturated heterocycles. The summed E-state index contributed by atoms with van der Waals surface area (Å²) in [6.45, 7) is 0. The quantitative estimate of drug-likeness (QED) is 0.788. The van der Waals surface area contributed by atoms with Gasteiger partial charge in [-0.1, -0.05) is 0 Å². The first-order chi connectivity index (χ1) is 5.92. The van der Waals surface area contributed by atoms with Gasteiger partial charge in [0, 0.05) is 18.4 Å². The molecule has 1 aromatic rings. The summed E-state index contributed by atoms with van der Waals surface area (Å²) in [6, 6.07) is 3.18. The molecular weight excluding hydrogens is 186 g/mol. The van der Waals surface area contributed by atoms with Gasteiger partial charge in [0.25, 0.3) is 0 Å². The highest BCUT2D eigenvalue weighted by molar-refractivity contribution is 5.85. The Morgan fingerprint density at radius 2 is 2.31 bits per heavy atom. The SMILES string of the molecule is CNC1CCCC1n1cccn1.Cl. The molecule has 2 unspecified atom stereocenters. The zero-order valence-electron chi connectivity index (χ0n) is 7.81. The molecule has 3 nitrogen and oxygen atoms in total. The fraction of sp³-hybridized carbons (Fsp3) is 0.667. The van der Waals surface area contributed by atoms with Crippen LogP contribution in [0.1, 0.15) is 25.3 Å². The second kappa shape index (κ2) is 4.63. The maximum absolute atomic E-state index is 4.27. The van der Waals surface area contributed by atoms with Crippen molar-refractivity contribution >= 4 is 12.4 Å². The van der Waals surface area contributed by atoms with E-state index in [1.165, 1.54) is 19.3 Å². The van der Waals surface area contributed by atoms with Crippen LogP contribution >= 0.6 is 12.4 Å². The first-order valence-electron chi connectivity index (χ1n) is 4.58. The molecule has 1 saturated carbocycles. The van der Waals surface area contributed by atoms with Gasteiger partial charge in [-0.05, 0) is 32.4 Å². The molecule has 1 aromatic heterocycles. The van der Waals surface area contributed by atoms with Crippen LogP contribution < -0.4 is 5.32 Å². The molecule has 2 atom stereocenters. The van der Waals surface area contributed by atoms with Crippen LogP contribution in [-0.4, -0.2) is 22.9 Å². The molecule has 1 heterocycles. The highest BCUT2D eigenvalue weighted by Gasteiger charge is 2.27. The van der Waals surface area contributed by atoms with E-state index < -0.39 is 0 Å². The van der Waals surface area contributed by atoms with Crippen molar-refractivity contribution in [3.63, 3.8) is 0 Å². The lowest BCUT2D eigenvalue weighted by molar-refractivity contribution is 0.383. The van der Waals surface area contributed by atoms with E-state index in [-0.39, 0.29) is 12.4 Å². The van der Waals surface area contributed by atoms with Crippen molar-refractivity contribution in [2.45, 2.75) is 31.3 Å². The molecular formula is C9H16ClN3. The third-order valence-corrected chi connectivity index (χ3v) is 2.71. The Balaban J connectivity index is 0.000000845. The minimum absolute atomic E-state index is 0. The van der Waals surface area contributed by atoms with Crippen LogP contribution in [0, 0.1) is 0 Å². The maximum Gasteiger partial charge on any atom is 0.0672 e. The van der Waals surface area contributed by atoms with E-state index in [1.54, 1.807) is 0 Å². The topological polar surface area (TPSA) is 29.9 Å². The lowest BCUT2D eigenvalue weighted by atomic mass is 10.2. The molecule has 0 aromatic carbocycles. The Labute approximate surface area is 84.9 Å². The lowest BCUT2D eigenvalue weighted by Crippen LogP contribution is -2.31. The Kier molecular flexibility index (Phi) is 3.75. The molecule has 1 aliphatic rings. The van der Waals surface area contributed by atoms with Gasteiger partial charge < -0.3 is 5.32 Å². The first kappa shape index (κ1) is 10.5. The van der Waals surface area contributed by atoms with E-state index >= 15 is 0 Å². The number of halogens is 1. The number of hydrogen-bond donors (Lipinski definition) is 1. The van der Waals surface area contributed by atoms with E-state index in [4.69, 9.17) is 0 Å². The van der Waals surface area contributed by atoms with Gasteiger partial charge in [0.05, 0.1) is 6.04 Å². The first-order valence-corrected chi connectivity index (χ1v) is 4.58. The van der Waals surface area contributed by atoms with Gasteiger partial charge in [-0.15, -0.1) is 12.4 Å². The monoisotopic (exact) mass is 201 g/mol. The predicted octanol–water partition coefficient (Wildman–Crippen LogP) is 1.62. The summed E-state index contributed by atoms with van der Waals surface area (Å²) in [5, 5.41) is 7.61. The van der Waals surface area contributed by atoms with Crippen molar-refractivity contribution in [2.75, 3.05) is 7.05 Å². The highest BCUT2D eigenvalue weighted by atomic mass is 35.5. The smallest absolute Gasteiger partial charge is 0.0672 e. The molecule has 0 bridgehead atoms. The van der Waals surface area contributed by atoms with Crippen LogP contribution in [0.3, 0.4) is 0 Å². The zero-order chi connectivity index (χ0) is 8.39. The molecule has 1 fully saturated rings. The van der Waals surface area contributed by atoms with Crippen molar-refractivity contribution < 1.29 is 0 Å². The third-order valence-electron chi connectivity index (χ3n) is 2.71. The molecule has 4 heteroatoms. The van der Waals surface area contributed by atoms with Crippen LogP contribution in [-0.2, 0) is 0 Å². The minimum Gasteiger partial charge on any atom is -0.315 e. The summed E-state index contributed by atoms with van der Waals surface area (Å²) in [4.78, 5) is 0. The minimum atomic E-state index is 0. The van der Waals surface area contributed by atoms with Crippen LogP contribution in [0.25, 0.3) is 0 Å². The summed E-state index contributed by atoms with van der Waals surface area (Å²) in [7, 11) is 2.03. The Morgan fingerprint density at radius 1 is 1.46 bits per heavy atom. The van der Waals surface area contributed by atoms with Crippen molar-refractivity contribution in [3.8, 4) is 0 Å². The Morgan fingerprint density at radius 3 is 2.92 bits per heavy atom. The standard InChI is InChI=1S/C9H15N3.ClH/c1-10-8-4-2-5-9(8)12-7-3-6-11-12;/h3,6-10H,2,4-5H2,1H3;1H. The summed E-state index contributed by atoms with van der Waals surface area (Å²) in [5.74, 6) is 0. The van der Waals surface area contributed by atoms with Crippen LogP contribution in [0.4, 0.5) is 0 Å². The van der Waals surface area contributed by atoms with Gasteiger partial charge in [-0.3, -0.25) is 4.68 Å². The van der Waals surface area contributed by atoms with Crippen molar-refractivity contribution in [3.05, 3.63) is 18.5 Å². The lowest BCUT2D eigenvalue weighted by Gasteiger charge is -2.18. The normalized spacial score (nSPS) is 27.2. The van der Waals surface area contributed by atoms with Crippen LogP contribution in [0.15, 0.2) is 18.5 Å². The van der Waals surface area contributed by atoms with Crippen molar-refractivity contribution in [2.24, 2.45) is 0 Å². The van der Waals surface area contributed by atoms with Gasteiger partial charge >= 0.3 is 0 Å². The van der Waals surface area contributed by atoms with E-state index in [9.17, 15) is 0 Å². The van der Waals surface area contributed by atoms with Gasteiger partial charge in [0.2, 0.25) is 0 Å². The third kappa shape index (κ3) is 2.03. The Hall–Kier alpha value is -0.540. The Bertz CT molecular complexity index is 235. The highest BCUT2D eigenvalue weighted by Crippen LogP contribution is 2.28. The van der Waals surface area contributed by atoms with E-state index in [0.29, 0.717) is 12.1 Å². The molecule has 0 aliphatic heterocycles. The number of likely N-dealkylation sites (N-methyl/N-ethyl adjacent to an activating group) is 1. The fourth-order valence-corrected chi connectivity index (χ4v) is 2.07. The molecule has 2 rings (SSSR count). The number of aromatic nitrogens is 2. The molecule has 0 amide bonds. The van der Waals surface area contributed by atoms with E-state index in [1.807, 2.05) is 19.3 Å². The fourth-order valence-electron chi connectivity index (χ4n) is 2.07. The average Bonchev–Trinajstić information content (AvgIpc) is 2.74. The van der Waals surface area contributed by atoms with Gasteiger partial charge in [0.15, 0.2) is 0 Å². The summed E-state index contributed by atoms with van der Waals surface area (Å²) < 4.78 is 2.08. The van der Waals surface area contributed by atoms with Gasteiger partial charge in [-0.25, -0.2) is 0 Å². The number of nitrogens with one attached hydrogen (secondary N) is 1. The van der Waals surface area contributed by atoms with Crippen molar-refractivity contribution in [1.82, 2.24) is 15.1 Å². The molecule has 1 N–H and O–H groups in total. The number of nitrogens with zero attached hydrogens (tertiary/aromatic N) is 2. The summed E-state index contributed by atoms with van der Waals surface area (Å²) in [6.07, 6.45) is 7.76. The van der Waals surface area contributed by atoms with Gasteiger partial charge in [0.1, 0.15) is 0 Å². The molecule has 74 valence electrons. The number of hydrogen-bond acceptors (Lipinski definition) is 2. The average molecular weight is 202 g/mol. The summed E-state index contributed by atoms with van der Waals surface area (Å²) in [5.41, 5.74) is 0. The molecule has 1 aliphatic carbocycles. The van der Waals surface area contributed by atoms with Crippen LogP contribution in [0.2, 0.25) is 0 Å².